The molecule has 0 fully saturated rings. The highest BCUT2D eigenvalue weighted by molar-refractivity contribution is 6.30. The van der Waals surface area contributed by atoms with Gasteiger partial charge in [0.05, 0.1) is 0 Å². The van der Waals surface area contributed by atoms with E-state index in [-0.39, 0.29) is 5.41 Å². The lowest BCUT2D eigenvalue weighted by Crippen LogP contribution is -2.10. The minimum Gasteiger partial charge on any atom is -0.343 e. The normalized spacial score (nSPS) is 11.9. The van der Waals surface area contributed by atoms with Gasteiger partial charge in [-0.1, -0.05) is 74.8 Å². The Balaban J connectivity index is 1.62. The Hall–Kier alpha value is -2.51. The van der Waals surface area contributed by atoms with Gasteiger partial charge in [-0.2, -0.15) is 0 Å². The Morgan fingerprint density at radius 3 is 2.26 bits per heavy atom. The minimum atomic E-state index is 0.190. The van der Waals surface area contributed by atoms with Gasteiger partial charge in [0.15, 0.2) is 0 Å². The van der Waals surface area contributed by atoms with E-state index in [1.54, 1.807) is 0 Å². The zero-order chi connectivity index (χ0) is 19.0. The smallest absolute Gasteiger partial charge is 0.0483 e. The third kappa shape index (κ3) is 3.79. The van der Waals surface area contributed by atoms with Crippen LogP contribution in [0.15, 0.2) is 79.0 Å². The molecular formula is C25H24ClN. The number of halogens is 1. The second-order valence-electron chi connectivity index (χ2n) is 8.17. The van der Waals surface area contributed by atoms with Gasteiger partial charge < -0.3 is 4.57 Å². The second-order valence-corrected chi connectivity index (χ2v) is 8.61. The van der Waals surface area contributed by atoms with Crippen molar-refractivity contribution in [1.82, 2.24) is 4.57 Å². The first-order valence-electron chi connectivity index (χ1n) is 9.34. The van der Waals surface area contributed by atoms with Crippen LogP contribution in [0.5, 0.6) is 0 Å². The first kappa shape index (κ1) is 17.9. The molecule has 2 heteroatoms. The fourth-order valence-electron chi connectivity index (χ4n) is 3.49. The molecule has 27 heavy (non-hydrogen) atoms. The van der Waals surface area contributed by atoms with Crippen LogP contribution in [0.1, 0.15) is 31.9 Å². The molecule has 0 saturated carbocycles. The van der Waals surface area contributed by atoms with Crippen molar-refractivity contribution < 1.29 is 0 Å². The molecule has 0 radical (unpaired) electrons. The molecule has 0 aliphatic rings. The third-order valence-corrected chi connectivity index (χ3v) is 5.34. The summed E-state index contributed by atoms with van der Waals surface area (Å²) in [6.45, 7) is 7.63. The number of rotatable bonds is 3. The van der Waals surface area contributed by atoms with Crippen molar-refractivity contribution in [1.29, 1.82) is 0 Å². The number of hydrogen-bond acceptors (Lipinski definition) is 0. The Kier molecular flexibility index (Phi) is 4.57. The molecular weight excluding hydrogens is 350 g/mol. The highest BCUT2D eigenvalue weighted by atomic mass is 35.5. The summed E-state index contributed by atoms with van der Waals surface area (Å²) in [5.74, 6) is 0. The maximum absolute atomic E-state index is 6.14. The number of nitrogens with zero attached hydrogens (tertiary/aromatic N) is 1. The molecule has 0 amide bonds. The summed E-state index contributed by atoms with van der Waals surface area (Å²) in [6, 6.07) is 25.8. The lowest BCUT2D eigenvalue weighted by atomic mass is 9.87. The Morgan fingerprint density at radius 1 is 0.815 bits per heavy atom. The molecule has 3 aromatic carbocycles. The van der Waals surface area contributed by atoms with Crippen LogP contribution in [0.25, 0.3) is 22.0 Å². The summed E-state index contributed by atoms with van der Waals surface area (Å²) in [4.78, 5) is 0. The third-order valence-electron chi connectivity index (χ3n) is 5.10. The highest BCUT2D eigenvalue weighted by Crippen LogP contribution is 2.28. The molecule has 0 unspecified atom stereocenters. The Bertz CT molecular complexity index is 1080. The SMILES string of the molecule is CC(C)(C)c1ccc(Cn2ccc3cc(-c4cccc(Cl)c4)ccc32)cc1. The van der Waals surface area contributed by atoms with Gasteiger partial charge in [-0.15, -0.1) is 0 Å². The predicted octanol–water partition coefficient (Wildman–Crippen LogP) is 7.31. The van der Waals surface area contributed by atoms with Crippen LogP contribution in [-0.2, 0) is 12.0 Å². The lowest BCUT2D eigenvalue weighted by Gasteiger charge is -2.19. The molecule has 0 atom stereocenters. The first-order chi connectivity index (χ1) is 12.9. The zero-order valence-electron chi connectivity index (χ0n) is 16.0. The van der Waals surface area contributed by atoms with E-state index in [2.05, 4.69) is 86.1 Å². The highest BCUT2D eigenvalue weighted by Gasteiger charge is 2.13. The second kappa shape index (κ2) is 6.90. The summed E-state index contributed by atoms with van der Waals surface area (Å²) in [7, 11) is 0. The van der Waals surface area contributed by atoms with Crippen molar-refractivity contribution in [3.05, 3.63) is 95.1 Å². The minimum absolute atomic E-state index is 0.190. The van der Waals surface area contributed by atoms with E-state index in [0.29, 0.717) is 0 Å². The standard InChI is InChI=1S/C25H24ClN/c1-25(2,3)22-10-7-18(8-11-22)17-27-14-13-21-15-20(9-12-24(21)27)19-5-4-6-23(26)16-19/h4-16H,17H2,1-3H3. The van der Waals surface area contributed by atoms with Crippen LogP contribution in [0.2, 0.25) is 5.02 Å². The number of benzene rings is 3. The number of fused-ring (bicyclic) bond motifs is 1. The first-order valence-corrected chi connectivity index (χ1v) is 9.72. The molecule has 0 spiro atoms. The van der Waals surface area contributed by atoms with E-state index in [0.717, 1.165) is 17.1 Å². The zero-order valence-corrected chi connectivity index (χ0v) is 16.8. The summed E-state index contributed by atoms with van der Waals surface area (Å²) in [6.07, 6.45) is 2.17. The molecule has 0 aliphatic carbocycles. The molecule has 1 aromatic heterocycles. The predicted molar refractivity (Wildman–Crippen MR) is 117 cm³/mol. The largest absolute Gasteiger partial charge is 0.343 e. The van der Waals surface area contributed by atoms with Crippen molar-refractivity contribution in [2.45, 2.75) is 32.7 Å². The van der Waals surface area contributed by atoms with E-state index in [4.69, 9.17) is 11.6 Å². The van der Waals surface area contributed by atoms with E-state index in [1.807, 2.05) is 18.2 Å². The molecule has 4 rings (SSSR count). The number of aromatic nitrogens is 1. The van der Waals surface area contributed by atoms with Gasteiger partial charge in [-0.3, -0.25) is 0 Å². The van der Waals surface area contributed by atoms with Crippen LogP contribution in [0.3, 0.4) is 0 Å². The van der Waals surface area contributed by atoms with Gasteiger partial charge in [0.1, 0.15) is 0 Å². The molecule has 0 saturated heterocycles. The quantitative estimate of drug-likeness (QED) is 0.355. The summed E-state index contributed by atoms with van der Waals surface area (Å²) in [5, 5.41) is 2.02. The lowest BCUT2D eigenvalue weighted by molar-refractivity contribution is 0.590. The van der Waals surface area contributed by atoms with E-state index in [1.165, 1.54) is 27.6 Å². The van der Waals surface area contributed by atoms with Crippen molar-refractivity contribution >= 4 is 22.5 Å². The molecule has 0 bridgehead atoms. The fraction of sp³-hybridized carbons (Fsp3) is 0.200. The van der Waals surface area contributed by atoms with E-state index in [9.17, 15) is 0 Å². The van der Waals surface area contributed by atoms with Crippen LogP contribution >= 0.6 is 11.6 Å². The van der Waals surface area contributed by atoms with Crippen molar-refractivity contribution in [3.8, 4) is 11.1 Å². The Morgan fingerprint density at radius 2 is 1.56 bits per heavy atom. The molecule has 1 heterocycles. The van der Waals surface area contributed by atoms with Gasteiger partial charge in [0.2, 0.25) is 0 Å². The Labute approximate surface area is 166 Å². The molecule has 0 N–H and O–H groups in total. The maximum atomic E-state index is 6.14. The van der Waals surface area contributed by atoms with Gasteiger partial charge in [-0.05, 0) is 58.0 Å². The summed E-state index contributed by atoms with van der Waals surface area (Å²) >= 11 is 6.14. The van der Waals surface area contributed by atoms with E-state index >= 15 is 0 Å². The van der Waals surface area contributed by atoms with Crippen molar-refractivity contribution in [3.63, 3.8) is 0 Å². The number of hydrogen-bond donors (Lipinski definition) is 0. The van der Waals surface area contributed by atoms with Crippen molar-refractivity contribution in [2.75, 3.05) is 0 Å². The molecule has 1 nitrogen and oxygen atoms in total. The van der Waals surface area contributed by atoms with Crippen LogP contribution < -0.4 is 0 Å². The van der Waals surface area contributed by atoms with Crippen LogP contribution in [0.4, 0.5) is 0 Å². The maximum Gasteiger partial charge on any atom is 0.0483 e. The average molecular weight is 374 g/mol. The summed E-state index contributed by atoms with van der Waals surface area (Å²) < 4.78 is 2.31. The fourth-order valence-corrected chi connectivity index (χ4v) is 3.68. The van der Waals surface area contributed by atoms with Gasteiger partial charge in [0, 0.05) is 28.7 Å². The van der Waals surface area contributed by atoms with Crippen LogP contribution in [0, 0.1) is 0 Å². The van der Waals surface area contributed by atoms with Crippen molar-refractivity contribution in [2.24, 2.45) is 0 Å². The summed E-state index contributed by atoms with van der Waals surface area (Å²) in [5.41, 5.74) is 6.47. The molecule has 4 aromatic rings. The van der Waals surface area contributed by atoms with Crippen LogP contribution in [-0.4, -0.2) is 4.57 Å². The van der Waals surface area contributed by atoms with Gasteiger partial charge in [-0.25, -0.2) is 0 Å². The average Bonchev–Trinajstić information content (AvgIpc) is 3.03. The monoisotopic (exact) mass is 373 g/mol. The molecule has 136 valence electrons. The van der Waals surface area contributed by atoms with E-state index < -0.39 is 0 Å². The van der Waals surface area contributed by atoms with Gasteiger partial charge >= 0.3 is 0 Å². The topological polar surface area (TPSA) is 4.93 Å². The van der Waals surface area contributed by atoms with Gasteiger partial charge in [0.25, 0.3) is 0 Å². The molecule has 0 aliphatic heterocycles.